The molecule has 8 unspecified atom stereocenters. The first-order valence-corrected chi connectivity index (χ1v) is 11.9. The molecule has 0 aromatic carbocycles. The smallest absolute Gasteiger partial charge is 0.303 e. The fourth-order valence-corrected chi connectivity index (χ4v) is 7.76. The Bertz CT molecular complexity index is 849. The van der Waals surface area contributed by atoms with E-state index < -0.39 is 35.5 Å². The number of aliphatic hydroxyl groups is 2. The number of Topliss-reactive ketones (excluding diaryl/α,β-unsaturated/α-hetero) is 1. The van der Waals surface area contributed by atoms with Crippen LogP contribution in [0.15, 0.2) is 11.6 Å². The quantitative estimate of drug-likeness (QED) is 0.503. The van der Waals surface area contributed by atoms with Gasteiger partial charge >= 0.3 is 11.9 Å². The van der Waals surface area contributed by atoms with E-state index in [2.05, 4.69) is 13.0 Å². The van der Waals surface area contributed by atoms with E-state index in [9.17, 15) is 24.6 Å². The predicted molar refractivity (Wildman–Crippen MR) is 115 cm³/mol. The van der Waals surface area contributed by atoms with E-state index in [1.807, 2.05) is 6.92 Å². The van der Waals surface area contributed by atoms with Crippen molar-refractivity contribution in [1.29, 1.82) is 0 Å². The van der Waals surface area contributed by atoms with Gasteiger partial charge in [0.1, 0.15) is 6.10 Å². The lowest BCUT2D eigenvalue weighted by Gasteiger charge is -2.58. The van der Waals surface area contributed by atoms with Crippen LogP contribution in [0.2, 0.25) is 0 Å². The van der Waals surface area contributed by atoms with Gasteiger partial charge < -0.3 is 19.7 Å². The van der Waals surface area contributed by atoms with Gasteiger partial charge in [-0.15, -0.1) is 0 Å². The van der Waals surface area contributed by atoms with Crippen LogP contribution in [0, 0.1) is 28.6 Å². The number of hydrogen-bond acceptors (Lipinski definition) is 7. The summed E-state index contributed by atoms with van der Waals surface area (Å²) in [5.74, 6) is -0.761. The van der Waals surface area contributed by atoms with Gasteiger partial charge in [0, 0.05) is 25.7 Å². The molecule has 0 aromatic rings. The maximum Gasteiger partial charge on any atom is 0.303 e. The molecule has 7 nitrogen and oxygen atoms in total. The van der Waals surface area contributed by atoms with E-state index in [1.54, 1.807) is 0 Å². The summed E-state index contributed by atoms with van der Waals surface area (Å²) in [5.41, 5.74) is -1.30. The van der Waals surface area contributed by atoms with Gasteiger partial charge in [0.25, 0.3) is 0 Å². The summed E-state index contributed by atoms with van der Waals surface area (Å²) in [6.45, 7) is 6.40. The highest BCUT2D eigenvalue weighted by molar-refractivity contribution is 5.91. The zero-order valence-electron chi connectivity index (χ0n) is 19.6. The van der Waals surface area contributed by atoms with E-state index in [0.717, 1.165) is 32.1 Å². The van der Waals surface area contributed by atoms with E-state index in [0.29, 0.717) is 18.8 Å². The maximum absolute atomic E-state index is 13.0. The first-order chi connectivity index (χ1) is 14.9. The summed E-state index contributed by atoms with van der Waals surface area (Å²) in [6.07, 6.45) is 6.31. The molecule has 2 N–H and O–H groups in total. The first kappa shape index (κ1) is 23.4. The number of carbonyl (C=O) groups is 3. The third-order valence-electron chi connectivity index (χ3n) is 9.44. The van der Waals surface area contributed by atoms with Gasteiger partial charge in [-0.1, -0.05) is 25.5 Å². The number of esters is 2. The number of ketones is 1. The monoisotopic (exact) mass is 448 g/mol. The van der Waals surface area contributed by atoms with Crippen molar-refractivity contribution in [3.63, 3.8) is 0 Å². The Morgan fingerprint density at radius 1 is 1.09 bits per heavy atom. The fraction of sp³-hybridized carbons (Fsp3) is 0.800. The van der Waals surface area contributed by atoms with Crippen LogP contribution in [-0.2, 0) is 23.9 Å². The van der Waals surface area contributed by atoms with Crippen molar-refractivity contribution in [2.75, 3.05) is 6.61 Å². The minimum atomic E-state index is -1.91. The van der Waals surface area contributed by atoms with Gasteiger partial charge in [0.15, 0.2) is 12.2 Å². The number of carbonyl (C=O) groups excluding carboxylic acids is 3. The molecule has 0 saturated heterocycles. The molecular weight excluding hydrogens is 412 g/mol. The normalized spacial score (nSPS) is 45.1. The Hall–Kier alpha value is -1.73. The highest BCUT2D eigenvalue weighted by Gasteiger charge is 2.69. The standard InChI is InChI=1S/C25H36O7/c1-14(26)31-13-22(29)25(30)21(28)12-20-18-6-5-16-11-17(32-15(2)27)7-9-23(16,3)19(18)8-10-24(20,25)4/h5,17-21,28,30H,6-13H2,1-4H3. The minimum absolute atomic E-state index is 0.00310. The topological polar surface area (TPSA) is 110 Å². The van der Waals surface area contributed by atoms with E-state index in [4.69, 9.17) is 9.47 Å². The molecule has 0 amide bonds. The third-order valence-corrected chi connectivity index (χ3v) is 9.44. The van der Waals surface area contributed by atoms with Crippen LogP contribution in [0.5, 0.6) is 0 Å². The maximum atomic E-state index is 13.0. The van der Waals surface area contributed by atoms with Crippen molar-refractivity contribution in [2.24, 2.45) is 28.6 Å². The second kappa shape index (κ2) is 7.94. The average Bonchev–Trinajstić information content (AvgIpc) is 2.93. The summed E-state index contributed by atoms with van der Waals surface area (Å²) >= 11 is 0. The van der Waals surface area contributed by atoms with Crippen molar-refractivity contribution < 1.29 is 34.1 Å². The van der Waals surface area contributed by atoms with Crippen molar-refractivity contribution in [2.45, 2.75) is 90.4 Å². The number of allylic oxidation sites excluding steroid dienone is 1. The molecule has 8 atom stereocenters. The summed E-state index contributed by atoms with van der Waals surface area (Å²) in [4.78, 5) is 35.6. The number of ether oxygens (including phenoxy) is 2. The van der Waals surface area contributed by atoms with E-state index in [-0.39, 0.29) is 29.3 Å². The fourth-order valence-electron chi connectivity index (χ4n) is 7.76. The van der Waals surface area contributed by atoms with Gasteiger partial charge in [-0.05, 0) is 61.7 Å². The summed E-state index contributed by atoms with van der Waals surface area (Å²) in [5, 5.41) is 22.5. The van der Waals surface area contributed by atoms with Gasteiger partial charge in [0.2, 0.25) is 5.78 Å². The Labute approximate surface area is 189 Å². The van der Waals surface area contributed by atoms with E-state index in [1.165, 1.54) is 19.4 Å². The van der Waals surface area contributed by atoms with Crippen LogP contribution < -0.4 is 0 Å². The molecule has 3 fully saturated rings. The number of hydrogen-bond donors (Lipinski definition) is 2. The van der Waals surface area contributed by atoms with Crippen LogP contribution >= 0.6 is 0 Å². The largest absolute Gasteiger partial charge is 0.462 e. The molecule has 0 aliphatic heterocycles. The molecule has 7 heteroatoms. The Balaban J connectivity index is 1.59. The Kier molecular flexibility index (Phi) is 5.82. The van der Waals surface area contributed by atoms with Crippen LogP contribution in [0.3, 0.4) is 0 Å². The summed E-state index contributed by atoms with van der Waals surface area (Å²) in [6, 6.07) is 0. The second-order valence-corrected chi connectivity index (χ2v) is 10.9. The molecule has 0 heterocycles. The third kappa shape index (κ3) is 3.35. The van der Waals surface area contributed by atoms with Gasteiger partial charge in [-0.25, -0.2) is 0 Å². The zero-order chi connectivity index (χ0) is 23.5. The van der Waals surface area contributed by atoms with Crippen molar-refractivity contribution in [1.82, 2.24) is 0 Å². The number of rotatable bonds is 4. The minimum Gasteiger partial charge on any atom is -0.462 e. The molecule has 0 spiro atoms. The molecule has 0 bridgehead atoms. The van der Waals surface area contributed by atoms with Crippen molar-refractivity contribution in [3.8, 4) is 0 Å². The lowest BCUT2D eigenvalue weighted by Crippen LogP contribution is -2.61. The summed E-state index contributed by atoms with van der Waals surface area (Å²) in [7, 11) is 0. The Morgan fingerprint density at radius 3 is 2.47 bits per heavy atom. The molecule has 0 radical (unpaired) electrons. The number of fused-ring (bicyclic) bond motifs is 5. The molecule has 4 rings (SSSR count). The van der Waals surface area contributed by atoms with Gasteiger partial charge in [0.05, 0.1) is 6.10 Å². The average molecular weight is 449 g/mol. The number of aliphatic hydroxyl groups excluding tert-OH is 1. The van der Waals surface area contributed by atoms with Crippen molar-refractivity contribution >= 4 is 17.7 Å². The predicted octanol–water partition coefficient (Wildman–Crippen LogP) is 2.71. The molecular formula is C25H36O7. The van der Waals surface area contributed by atoms with E-state index >= 15 is 0 Å². The van der Waals surface area contributed by atoms with Gasteiger partial charge in [-0.3, -0.25) is 14.4 Å². The lowest BCUT2D eigenvalue weighted by atomic mass is 9.46. The highest BCUT2D eigenvalue weighted by atomic mass is 16.5. The molecule has 3 saturated carbocycles. The van der Waals surface area contributed by atoms with Crippen LogP contribution in [0.25, 0.3) is 0 Å². The zero-order valence-corrected chi connectivity index (χ0v) is 19.6. The Morgan fingerprint density at radius 2 is 1.81 bits per heavy atom. The molecule has 4 aliphatic carbocycles. The molecule has 4 aliphatic rings. The van der Waals surface area contributed by atoms with Gasteiger partial charge in [-0.2, -0.15) is 0 Å². The SMILES string of the molecule is CC(=O)OCC(=O)C1(O)C(O)CC2C3CC=C4CC(OC(C)=O)CCC4(C)C3CCC21C. The lowest BCUT2D eigenvalue weighted by molar-refractivity contribution is -0.181. The molecule has 32 heavy (non-hydrogen) atoms. The molecule has 178 valence electrons. The van der Waals surface area contributed by atoms with Crippen molar-refractivity contribution in [3.05, 3.63) is 11.6 Å². The molecule has 0 aromatic heterocycles. The highest BCUT2D eigenvalue weighted by Crippen LogP contribution is 2.67. The van der Waals surface area contributed by atoms with Crippen LogP contribution in [0.4, 0.5) is 0 Å². The van der Waals surface area contributed by atoms with Crippen LogP contribution in [-0.4, -0.2) is 52.4 Å². The van der Waals surface area contributed by atoms with Crippen LogP contribution in [0.1, 0.15) is 72.6 Å². The second-order valence-electron chi connectivity index (χ2n) is 10.9. The first-order valence-electron chi connectivity index (χ1n) is 11.9. The summed E-state index contributed by atoms with van der Waals surface area (Å²) < 4.78 is 10.4.